The molecule has 0 N–H and O–H groups in total. The predicted octanol–water partition coefficient (Wildman–Crippen LogP) is 1.96. The van der Waals surface area contributed by atoms with Gasteiger partial charge >= 0.3 is 0 Å². The minimum atomic E-state index is -0.187. The van der Waals surface area contributed by atoms with Crippen molar-refractivity contribution in [2.45, 2.75) is 37.3 Å². The number of anilines is 1. The van der Waals surface area contributed by atoms with Gasteiger partial charge in [0, 0.05) is 52.4 Å². The summed E-state index contributed by atoms with van der Waals surface area (Å²) in [5.41, 5.74) is 1.32. The van der Waals surface area contributed by atoms with Crippen molar-refractivity contribution in [3.63, 3.8) is 0 Å². The topological polar surface area (TPSA) is 66.7 Å². The van der Waals surface area contributed by atoms with Crippen LogP contribution in [0, 0.1) is 0 Å². The van der Waals surface area contributed by atoms with Crippen LogP contribution in [-0.4, -0.2) is 88.2 Å². The number of carbonyl (C=O) groups is 1. The van der Waals surface area contributed by atoms with Crippen LogP contribution in [0.5, 0.6) is 0 Å². The van der Waals surface area contributed by atoms with Gasteiger partial charge in [-0.25, -0.2) is 0 Å². The molecule has 1 amide bonds. The van der Waals surface area contributed by atoms with Crippen LogP contribution in [-0.2, 0) is 22.6 Å². The molecule has 2 saturated heterocycles. The molecule has 2 fully saturated rings. The minimum absolute atomic E-state index is 0.183. The number of ether oxygens (including phenoxy) is 1. The van der Waals surface area contributed by atoms with E-state index in [1.807, 2.05) is 17.9 Å². The lowest BCUT2D eigenvalue weighted by molar-refractivity contribution is -0.132. The van der Waals surface area contributed by atoms with Crippen molar-refractivity contribution in [3.05, 3.63) is 35.9 Å². The molecule has 2 aliphatic rings. The van der Waals surface area contributed by atoms with Crippen LogP contribution in [0.1, 0.15) is 19.4 Å². The average Bonchev–Trinajstić information content (AvgIpc) is 3.22. The van der Waals surface area contributed by atoms with Gasteiger partial charge in [0.2, 0.25) is 11.9 Å². The summed E-state index contributed by atoms with van der Waals surface area (Å²) in [5, 5.41) is 9.44. The molecule has 1 aromatic carbocycles. The van der Waals surface area contributed by atoms with Crippen molar-refractivity contribution in [3.8, 4) is 0 Å². The summed E-state index contributed by atoms with van der Waals surface area (Å²) in [7, 11) is 0. The van der Waals surface area contributed by atoms with Crippen molar-refractivity contribution in [1.82, 2.24) is 24.6 Å². The van der Waals surface area contributed by atoms with Gasteiger partial charge in [0.15, 0.2) is 5.16 Å². The maximum Gasteiger partial charge on any atom is 0.235 e. The van der Waals surface area contributed by atoms with Gasteiger partial charge in [0.25, 0.3) is 0 Å². The van der Waals surface area contributed by atoms with Crippen molar-refractivity contribution < 1.29 is 9.53 Å². The highest BCUT2D eigenvalue weighted by Crippen LogP contribution is 2.27. The van der Waals surface area contributed by atoms with Crippen molar-refractivity contribution in [1.29, 1.82) is 0 Å². The van der Waals surface area contributed by atoms with E-state index >= 15 is 0 Å². The number of hydrogen-bond donors (Lipinski definition) is 0. The number of thioether (sulfide) groups is 1. The fraction of sp³-hybridized carbons (Fsp3) is 0.591. The van der Waals surface area contributed by atoms with Gasteiger partial charge in [-0.15, -0.1) is 10.2 Å². The van der Waals surface area contributed by atoms with E-state index in [1.165, 1.54) is 17.3 Å². The Morgan fingerprint density at radius 3 is 2.45 bits per heavy atom. The Morgan fingerprint density at radius 2 is 1.77 bits per heavy atom. The van der Waals surface area contributed by atoms with Gasteiger partial charge in [-0.1, -0.05) is 42.1 Å². The van der Waals surface area contributed by atoms with Crippen LogP contribution >= 0.6 is 11.8 Å². The normalized spacial score (nSPS) is 18.9. The van der Waals surface area contributed by atoms with Gasteiger partial charge in [0.05, 0.1) is 18.5 Å². The summed E-state index contributed by atoms with van der Waals surface area (Å²) in [6.07, 6.45) is 0. The third-order valence-corrected chi connectivity index (χ3v) is 6.94. The zero-order chi connectivity index (χ0) is 21.6. The quantitative estimate of drug-likeness (QED) is 0.605. The third kappa shape index (κ3) is 5.39. The Balaban J connectivity index is 1.31. The second kappa shape index (κ2) is 10.5. The Bertz CT molecular complexity index is 847. The van der Waals surface area contributed by atoms with E-state index in [2.05, 4.69) is 55.8 Å². The summed E-state index contributed by atoms with van der Waals surface area (Å²) < 4.78 is 7.56. The standard InChI is InChI=1S/C22H32N6O2S/c1-3-28-21(27-13-15-30-16-14-27)23-24-22(28)31-18(2)20(29)26-11-9-25(10-12-26)17-19-7-5-4-6-8-19/h4-8,18H,3,9-17H2,1-2H3. The zero-order valence-electron chi connectivity index (χ0n) is 18.4. The molecule has 2 aliphatic heterocycles. The number of benzene rings is 1. The number of morpholine rings is 1. The highest BCUT2D eigenvalue weighted by molar-refractivity contribution is 8.00. The minimum Gasteiger partial charge on any atom is -0.378 e. The number of nitrogens with zero attached hydrogens (tertiary/aromatic N) is 6. The fourth-order valence-corrected chi connectivity index (χ4v) is 5.07. The first-order valence-electron chi connectivity index (χ1n) is 11.1. The van der Waals surface area contributed by atoms with E-state index in [4.69, 9.17) is 4.74 Å². The number of amides is 1. The number of piperazine rings is 1. The van der Waals surface area contributed by atoms with E-state index in [0.29, 0.717) is 13.2 Å². The van der Waals surface area contributed by atoms with Crippen molar-refractivity contribution in [2.75, 3.05) is 57.4 Å². The lowest BCUT2D eigenvalue weighted by Crippen LogP contribution is -2.50. The number of aromatic nitrogens is 3. The van der Waals surface area contributed by atoms with Crippen molar-refractivity contribution >= 4 is 23.6 Å². The van der Waals surface area contributed by atoms with Gasteiger partial charge in [0.1, 0.15) is 0 Å². The molecule has 1 atom stereocenters. The number of hydrogen-bond acceptors (Lipinski definition) is 7. The highest BCUT2D eigenvalue weighted by atomic mass is 32.2. The number of carbonyl (C=O) groups excluding carboxylic acids is 1. The summed E-state index contributed by atoms with van der Waals surface area (Å²) in [4.78, 5) is 19.7. The zero-order valence-corrected chi connectivity index (χ0v) is 19.3. The highest BCUT2D eigenvalue weighted by Gasteiger charge is 2.28. The molecule has 31 heavy (non-hydrogen) atoms. The van der Waals surface area contributed by atoms with Gasteiger partial charge in [-0.05, 0) is 19.4 Å². The lowest BCUT2D eigenvalue weighted by Gasteiger charge is -2.35. The van der Waals surface area contributed by atoms with Crippen LogP contribution in [0.15, 0.2) is 35.5 Å². The molecule has 1 unspecified atom stereocenters. The molecule has 1 aromatic heterocycles. The van der Waals surface area contributed by atoms with E-state index in [9.17, 15) is 4.79 Å². The molecule has 0 spiro atoms. The molecule has 168 valence electrons. The fourth-order valence-electron chi connectivity index (χ4n) is 4.08. The molecular formula is C22H32N6O2S. The van der Waals surface area contributed by atoms with Crippen LogP contribution in [0.4, 0.5) is 5.95 Å². The Morgan fingerprint density at radius 1 is 1.06 bits per heavy atom. The molecule has 2 aromatic rings. The van der Waals surface area contributed by atoms with Crippen LogP contribution in [0.25, 0.3) is 0 Å². The predicted molar refractivity (Wildman–Crippen MR) is 122 cm³/mol. The Hall–Kier alpha value is -2.10. The van der Waals surface area contributed by atoms with E-state index < -0.39 is 0 Å². The first-order valence-corrected chi connectivity index (χ1v) is 12.0. The van der Waals surface area contributed by atoms with Crippen LogP contribution in [0.2, 0.25) is 0 Å². The van der Waals surface area contributed by atoms with E-state index in [1.54, 1.807) is 0 Å². The smallest absolute Gasteiger partial charge is 0.235 e. The van der Waals surface area contributed by atoms with Gasteiger partial charge in [-0.2, -0.15) is 0 Å². The maximum absolute atomic E-state index is 13.1. The molecule has 0 radical (unpaired) electrons. The summed E-state index contributed by atoms with van der Waals surface area (Å²) in [6.45, 7) is 12.2. The molecule has 9 heteroatoms. The van der Waals surface area contributed by atoms with E-state index in [-0.39, 0.29) is 11.2 Å². The molecule has 3 heterocycles. The molecule has 8 nitrogen and oxygen atoms in total. The molecule has 4 rings (SSSR count). The molecule has 0 bridgehead atoms. The third-order valence-electron chi connectivity index (χ3n) is 5.87. The Kier molecular flexibility index (Phi) is 7.47. The molecule has 0 saturated carbocycles. The van der Waals surface area contributed by atoms with Crippen LogP contribution in [0.3, 0.4) is 0 Å². The largest absolute Gasteiger partial charge is 0.378 e. The SMILES string of the molecule is CCn1c(SC(C)C(=O)N2CCN(Cc3ccccc3)CC2)nnc1N1CCOCC1. The molecular weight excluding hydrogens is 412 g/mol. The van der Waals surface area contributed by atoms with Gasteiger partial charge in [-0.3, -0.25) is 14.3 Å². The van der Waals surface area contributed by atoms with Crippen LogP contribution < -0.4 is 4.90 Å². The first kappa shape index (κ1) is 22.1. The molecule has 0 aliphatic carbocycles. The second-order valence-corrected chi connectivity index (χ2v) is 9.28. The Labute approximate surface area is 188 Å². The average molecular weight is 445 g/mol. The van der Waals surface area contributed by atoms with Crippen molar-refractivity contribution in [2.24, 2.45) is 0 Å². The lowest BCUT2D eigenvalue weighted by atomic mass is 10.2. The summed E-state index contributed by atoms with van der Waals surface area (Å²) in [6, 6.07) is 10.5. The first-order chi connectivity index (χ1) is 15.2. The maximum atomic E-state index is 13.1. The van der Waals surface area contributed by atoms with Gasteiger partial charge < -0.3 is 14.5 Å². The monoisotopic (exact) mass is 444 g/mol. The number of rotatable bonds is 7. The summed E-state index contributed by atoms with van der Waals surface area (Å²) >= 11 is 1.51. The second-order valence-electron chi connectivity index (χ2n) is 7.97. The summed E-state index contributed by atoms with van der Waals surface area (Å²) in [5.74, 6) is 1.06. The van der Waals surface area contributed by atoms with E-state index in [0.717, 1.165) is 63.5 Å².